The number of benzene rings is 1. The first-order valence-electron chi connectivity index (χ1n) is 3.87. The van der Waals surface area contributed by atoms with Crippen molar-refractivity contribution < 1.29 is 9.94 Å². The van der Waals surface area contributed by atoms with Crippen LogP contribution >= 0.6 is 0 Å². The van der Waals surface area contributed by atoms with Crippen molar-refractivity contribution in [2.75, 3.05) is 13.7 Å². The van der Waals surface area contributed by atoms with E-state index in [4.69, 9.17) is 15.7 Å². The summed E-state index contributed by atoms with van der Waals surface area (Å²) < 4.78 is 4.98. The van der Waals surface area contributed by atoms with Crippen molar-refractivity contribution >= 4 is 5.71 Å². The average molecular weight is 180 g/mol. The van der Waals surface area contributed by atoms with Gasteiger partial charge in [0.25, 0.3) is 0 Å². The summed E-state index contributed by atoms with van der Waals surface area (Å²) in [5.41, 5.74) is 6.62. The molecular formula is C9H12N2O2. The predicted molar refractivity (Wildman–Crippen MR) is 50.4 cm³/mol. The molecule has 1 rings (SSSR count). The summed E-state index contributed by atoms with van der Waals surface area (Å²) in [6.07, 6.45) is 0. The molecule has 0 saturated carbocycles. The van der Waals surface area contributed by atoms with Crippen LogP contribution < -0.4 is 10.5 Å². The van der Waals surface area contributed by atoms with E-state index < -0.39 is 0 Å². The Bertz CT molecular complexity index is 293. The Morgan fingerprint density at radius 3 is 2.46 bits per heavy atom. The van der Waals surface area contributed by atoms with Gasteiger partial charge in [-0.3, -0.25) is 0 Å². The minimum atomic E-state index is 0.211. The molecule has 0 aliphatic heterocycles. The lowest BCUT2D eigenvalue weighted by atomic mass is 10.1. The van der Waals surface area contributed by atoms with Gasteiger partial charge in [0, 0.05) is 12.1 Å². The molecule has 0 aromatic heterocycles. The van der Waals surface area contributed by atoms with Crippen molar-refractivity contribution in [3.63, 3.8) is 0 Å². The van der Waals surface area contributed by atoms with Crippen LogP contribution in [0, 0.1) is 0 Å². The first kappa shape index (κ1) is 9.54. The van der Waals surface area contributed by atoms with E-state index in [1.54, 1.807) is 31.4 Å². The van der Waals surface area contributed by atoms with Crippen LogP contribution in [0.4, 0.5) is 0 Å². The Kier molecular flexibility index (Phi) is 3.28. The Balaban J connectivity index is 2.91. The Morgan fingerprint density at radius 1 is 1.46 bits per heavy atom. The molecule has 0 unspecified atom stereocenters. The first-order chi connectivity index (χ1) is 6.31. The molecule has 1 aromatic rings. The van der Waals surface area contributed by atoms with Gasteiger partial charge in [-0.2, -0.15) is 0 Å². The molecule has 0 atom stereocenters. The van der Waals surface area contributed by atoms with E-state index in [0.29, 0.717) is 5.71 Å². The maximum Gasteiger partial charge on any atom is 0.118 e. The van der Waals surface area contributed by atoms with E-state index in [-0.39, 0.29) is 6.54 Å². The highest BCUT2D eigenvalue weighted by Gasteiger charge is 2.01. The highest BCUT2D eigenvalue weighted by atomic mass is 16.5. The van der Waals surface area contributed by atoms with Crippen molar-refractivity contribution in [2.45, 2.75) is 0 Å². The molecule has 0 saturated heterocycles. The third-order valence-electron chi connectivity index (χ3n) is 1.74. The minimum Gasteiger partial charge on any atom is -0.497 e. The molecule has 4 nitrogen and oxygen atoms in total. The van der Waals surface area contributed by atoms with Gasteiger partial charge in [0.2, 0.25) is 0 Å². The van der Waals surface area contributed by atoms with E-state index in [9.17, 15) is 0 Å². The number of ether oxygens (including phenoxy) is 1. The summed E-state index contributed by atoms with van der Waals surface area (Å²) in [6.45, 7) is 0.211. The molecule has 0 bridgehead atoms. The van der Waals surface area contributed by atoms with Crippen LogP contribution in [-0.4, -0.2) is 24.6 Å². The predicted octanol–water partition coefficient (Wildman–Crippen LogP) is 0.832. The van der Waals surface area contributed by atoms with Crippen molar-refractivity contribution in [1.82, 2.24) is 0 Å². The maximum absolute atomic E-state index is 8.58. The topological polar surface area (TPSA) is 67.8 Å². The molecule has 3 N–H and O–H groups in total. The largest absolute Gasteiger partial charge is 0.497 e. The molecule has 0 aliphatic carbocycles. The van der Waals surface area contributed by atoms with Gasteiger partial charge < -0.3 is 15.7 Å². The molecule has 13 heavy (non-hydrogen) atoms. The zero-order valence-electron chi connectivity index (χ0n) is 7.40. The van der Waals surface area contributed by atoms with Crippen LogP contribution in [0.25, 0.3) is 0 Å². The Labute approximate surface area is 76.6 Å². The standard InChI is InChI=1S/C9H12N2O2/c1-13-8-4-2-7(3-5-8)9(6-10)11-12/h2-5,12H,6,10H2,1H3/b11-9+. The number of methoxy groups -OCH3 is 1. The molecule has 1 aromatic carbocycles. The second-order valence-corrected chi connectivity index (χ2v) is 2.48. The fraction of sp³-hybridized carbons (Fsp3) is 0.222. The summed E-state index contributed by atoms with van der Waals surface area (Å²) in [5.74, 6) is 0.762. The van der Waals surface area contributed by atoms with Crippen molar-refractivity contribution in [1.29, 1.82) is 0 Å². The number of oxime groups is 1. The fourth-order valence-electron chi connectivity index (χ4n) is 1.000. The molecular weight excluding hydrogens is 168 g/mol. The molecule has 0 spiro atoms. The Hall–Kier alpha value is -1.55. The van der Waals surface area contributed by atoms with Crippen LogP contribution in [-0.2, 0) is 0 Å². The monoisotopic (exact) mass is 180 g/mol. The summed E-state index contributed by atoms with van der Waals surface area (Å²) in [6, 6.07) is 7.16. The van der Waals surface area contributed by atoms with E-state index >= 15 is 0 Å². The molecule has 70 valence electrons. The zero-order valence-corrected chi connectivity index (χ0v) is 7.40. The zero-order chi connectivity index (χ0) is 9.68. The number of hydrogen-bond donors (Lipinski definition) is 2. The quantitative estimate of drug-likeness (QED) is 0.411. The summed E-state index contributed by atoms with van der Waals surface area (Å²) in [4.78, 5) is 0. The van der Waals surface area contributed by atoms with Gasteiger partial charge in [0.15, 0.2) is 0 Å². The highest BCUT2D eigenvalue weighted by molar-refractivity contribution is 6.01. The van der Waals surface area contributed by atoms with Crippen LogP contribution in [0.3, 0.4) is 0 Å². The highest BCUT2D eigenvalue weighted by Crippen LogP contribution is 2.11. The smallest absolute Gasteiger partial charge is 0.118 e. The molecule has 4 heteroatoms. The fourth-order valence-corrected chi connectivity index (χ4v) is 1.000. The van der Waals surface area contributed by atoms with Gasteiger partial charge in [-0.25, -0.2) is 0 Å². The van der Waals surface area contributed by atoms with E-state index in [1.165, 1.54) is 0 Å². The van der Waals surface area contributed by atoms with Crippen LogP contribution in [0.15, 0.2) is 29.4 Å². The maximum atomic E-state index is 8.58. The Morgan fingerprint density at radius 2 is 2.08 bits per heavy atom. The summed E-state index contributed by atoms with van der Waals surface area (Å²) >= 11 is 0. The first-order valence-corrected chi connectivity index (χ1v) is 3.87. The third kappa shape index (κ3) is 2.19. The minimum absolute atomic E-state index is 0.211. The van der Waals surface area contributed by atoms with Crippen LogP contribution in [0.5, 0.6) is 5.75 Å². The van der Waals surface area contributed by atoms with Crippen LogP contribution in [0.2, 0.25) is 0 Å². The molecule has 0 aliphatic rings. The lowest BCUT2D eigenvalue weighted by molar-refractivity contribution is 0.318. The number of hydrogen-bond acceptors (Lipinski definition) is 4. The summed E-state index contributed by atoms with van der Waals surface area (Å²) in [5, 5.41) is 11.7. The SMILES string of the molecule is COc1ccc(/C(CN)=N/O)cc1. The van der Waals surface area contributed by atoms with Gasteiger partial charge in [-0.05, 0) is 24.3 Å². The van der Waals surface area contributed by atoms with Crippen molar-refractivity contribution in [3.8, 4) is 5.75 Å². The molecule has 0 radical (unpaired) electrons. The number of rotatable bonds is 3. The molecule has 0 heterocycles. The van der Waals surface area contributed by atoms with Crippen molar-refractivity contribution in [2.24, 2.45) is 10.9 Å². The van der Waals surface area contributed by atoms with Gasteiger partial charge in [0.05, 0.1) is 7.11 Å². The lowest BCUT2D eigenvalue weighted by Crippen LogP contribution is -2.14. The number of nitrogens with two attached hydrogens (primary N) is 1. The normalized spacial score (nSPS) is 11.4. The van der Waals surface area contributed by atoms with Gasteiger partial charge in [0.1, 0.15) is 11.5 Å². The van der Waals surface area contributed by atoms with E-state index in [0.717, 1.165) is 11.3 Å². The van der Waals surface area contributed by atoms with Gasteiger partial charge >= 0.3 is 0 Å². The van der Waals surface area contributed by atoms with Gasteiger partial charge in [-0.1, -0.05) is 5.16 Å². The summed E-state index contributed by atoms with van der Waals surface area (Å²) in [7, 11) is 1.60. The number of nitrogens with zero attached hydrogens (tertiary/aromatic N) is 1. The second kappa shape index (κ2) is 4.47. The van der Waals surface area contributed by atoms with Crippen LogP contribution in [0.1, 0.15) is 5.56 Å². The third-order valence-corrected chi connectivity index (χ3v) is 1.74. The van der Waals surface area contributed by atoms with Gasteiger partial charge in [-0.15, -0.1) is 0 Å². The van der Waals surface area contributed by atoms with E-state index in [1.807, 2.05) is 0 Å². The average Bonchev–Trinajstić information content (AvgIpc) is 2.21. The molecule has 0 amide bonds. The lowest BCUT2D eigenvalue weighted by Gasteiger charge is -2.02. The van der Waals surface area contributed by atoms with E-state index in [2.05, 4.69) is 5.16 Å². The second-order valence-electron chi connectivity index (χ2n) is 2.48. The molecule has 0 fully saturated rings. The van der Waals surface area contributed by atoms with Crippen molar-refractivity contribution in [3.05, 3.63) is 29.8 Å².